The van der Waals surface area contributed by atoms with Crippen LogP contribution in [-0.2, 0) is 0 Å². The summed E-state index contributed by atoms with van der Waals surface area (Å²) in [7, 11) is -1.74. The van der Waals surface area contributed by atoms with Gasteiger partial charge in [0, 0.05) is 5.54 Å². The summed E-state index contributed by atoms with van der Waals surface area (Å²) in [5.41, 5.74) is 3.18. The van der Waals surface area contributed by atoms with Crippen molar-refractivity contribution < 1.29 is 4.80 Å². The van der Waals surface area contributed by atoms with Gasteiger partial charge in [-0.1, -0.05) is 43.0 Å². The van der Waals surface area contributed by atoms with Gasteiger partial charge in [-0.25, -0.2) is 0 Å². The van der Waals surface area contributed by atoms with Crippen LogP contribution in [0.25, 0.3) is 0 Å². The van der Waals surface area contributed by atoms with Gasteiger partial charge in [0.2, 0.25) is 9.04 Å². The van der Waals surface area contributed by atoms with E-state index in [1.807, 2.05) is 37.3 Å². The lowest BCUT2D eigenvalue weighted by atomic mass is 10.2. The lowest BCUT2D eigenvalue weighted by Gasteiger charge is -2.13. The highest BCUT2D eigenvalue weighted by Crippen LogP contribution is 2.16. The molecule has 0 heterocycles. The van der Waals surface area contributed by atoms with Crippen LogP contribution in [0.5, 0.6) is 0 Å². The zero-order chi connectivity index (χ0) is 8.97. The summed E-state index contributed by atoms with van der Waals surface area (Å²) >= 11 is 0. The van der Waals surface area contributed by atoms with Crippen LogP contribution in [0.15, 0.2) is 42.6 Å². The van der Waals surface area contributed by atoms with E-state index >= 15 is 0 Å². The van der Waals surface area contributed by atoms with E-state index in [1.54, 1.807) is 5.70 Å². The molecule has 0 spiro atoms. The second-order valence-corrected chi connectivity index (χ2v) is 5.38. The standard InChI is InChI=1S/C10H14OSi/c1-3-12(11)9(2)10-7-5-4-6-8-10/h3-9,11-12H,1H2,2H3. The van der Waals surface area contributed by atoms with Crippen molar-refractivity contribution in [1.29, 1.82) is 0 Å². The van der Waals surface area contributed by atoms with E-state index in [1.165, 1.54) is 5.56 Å². The van der Waals surface area contributed by atoms with Crippen LogP contribution < -0.4 is 0 Å². The lowest BCUT2D eigenvalue weighted by molar-refractivity contribution is 0.568. The van der Waals surface area contributed by atoms with E-state index in [0.717, 1.165) is 0 Å². The van der Waals surface area contributed by atoms with Gasteiger partial charge >= 0.3 is 0 Å². The molecule has 2 atom stereocenters. The Labute approximate surface area is 75.1 Å². The largest absolute Gasteiger partial charge is 0.430 e. The molecule has 0 aliphatic carbocycles. The maximum atomic E-state index is 9.60. The summed E-state index contributed by atoms with van der Waals surface area (Å²) in [5, 5.41) is 0. The topological polar surface area (TPSA) is 20.2 Å². The molecular weight excluding hydrogens is 164 g/mol. The SMILES string of the molecule is C=C[SiH](O)C(C)c1ccccc1. The molecule has 64 valence electrons. The Morgan fingerprint density at radius 2 is 2.00 bits per heavy atom. The predicted octanol–water partition coefficient (Wildman–Crippen LogP) is 1.77. The first kappa shape index (κ1) is 9.23. The normalized spacial score (nSPS) is 15.2. The molecule has 0 amide bonds. The van der Waals surface area contributed by atoms with E-state index in [4.69, 9.17) is 0 Å². The van der Waals surface area contributed by atoms with Crippen LogP contribution in [0.1, 0.15) is 18.0 Å². The quantitative estimate of drug-likeness (QED) is 0.699. The Hall–Kier alpha value is -0.863. The van der Waals surface area contributed by atoms with Crippen LogP contribution >= 0.6 is 0 Å². The van der Waals surface area contributed by atoms with E-state index in [2.05, 4.69) is 6.58 Å². The van der Waals surface area contributed by atoms with Gasteiger partial charge in [0.25, 0.3) is 0 Å². The summed E-state index contributed by atoms with van der Waals surface area (Å²) in [6.07, 6.45) is 0. The lowest BCUT2D eigenvalue weighted by Crippen LogP contribution is -2.18. The number of benzene rings is 1. The fraction of sp³-hybridized carbons (Fsp3) is 0.200. The van der Waals surface area contributed by atoms with Crippen LogP contribution in [-0.4, -0.2) is 13.8 Å². The monoisotopic (exact) mass is 178 g/mol. The molecule has 1 N–H and O–H groups in total. The molecule has 1 nitrogen and oxygen atoms in total. The van der Waals surface area contributed by atoms with Crippen LogP contribution in [0, 0.1) is 0 Å². The minimum absolute atomic E-state index is 0.267. The summed E-state index contributed by atoms with van der Waals surface area (Å²) in [4.78, 5) is 9.60. The summed E-state index contributed by atoms with van der Waals surface area (Å²) in [6.45, 7) is 5.67. The van der Waals surface area contributed by atoms with Gasteiger partial charge < -0.3 is 4.80 Å². The van der Waals surface area contributed by atoms with Crippen LogP contribution in [0.4, 0.5) is 0 Å². The molecule has 2 heteroatoms. The Morgan fingerprint density at radius 3 is 2.50 bits per heavy atom. The Balaban J connectivity index is 2.78. The fourth-order valence-electron chi connectivity index (χ4n) is 1.16. The molecular formula is C10H14OSi. The molecule has 1 aromatic rings. The molecule has 0 saturated heterocycles. The minimum Gasteiger partial charge on any atom is -0.430 e. The number of hydrogen-bond acceptors (Lipinski definition) is 1. The highest BCUT2D eigenvalue weighted by molar-refractivity contribution is 6.57. The molecule has 0 saturated carbocycles. The van der Waals surface area contributed by atoms with Crippen molar-refractivity contribution in [2.24, 2.45) is 0 Å². The molecule has 2 unspecified atom stereocenters. The second kappa shape index (κ2) is 4.23. The van der Waals surface area contributed by atoms with E-state index in [9.17, 15) is 4.80 Å². The molecule has 0 aliphatic heterocycles. The van der Waals surface area contributed by atoms with Crippen molar-refractivity contribution in [3.63, 3.8) is 0 Å². The predicted molar refractivity (Wildman–Crippen MR) is 54.4 cm³/mol. The number of rotatable bonds is 3. The Bertz CT molecular complexity index is 245. The maximum absolute atomic E-state index is 9.60. The maximum Gasteiger partial charge on any atom is 0.203 e. The zero-order valence-corrected chi connectivity index (χ0v) is 8.43. The van der Waals surface area contributed by atoms with E-state index < -0.39 is 9.04 Å². The zero-order valence-electron chi connectivity index (χ0n) is 7.27. The Kier molecular flexibility index (Phi) is 3.26. The van der Waals surface area contributed by atoms with Crippen molar-refractivity contribution >= 4 is 9.04 Å². The third-order valence-electron chi connectivity index (χ3n) is 2.08. The van der Waals surface area contributed by atoms with Gasteiger partial charge in [0.05, 0.1) is 0 Å². The highest BCUT2D eigenvalue weighted by Gasteiger charge is 2.13. The van der Waals surface area contributed by atoms with Gasteiger partial charge in [-0.2, -0.15) is 0 Å². The van der Waals surface area contributed by atoms with Gasteiger partial charge in [0.1, 0.15) is 0 Å². The smallest absolute Gasteiger partial charge is 0.203 e. The fourth-order valence-corrected chi connectivity index (χ4v) is 2.18. The summed E-state index contributed by atoms with van der Waals surface area (Å²) < 4.78 is 0. The van der Waals surface area contributed by atoms with Crippen molar-refractivity contribution in [3.8, 4) is 0 Å². The van der Waals surface area contributed by atoms with Crippen molar-refractivity contribution in [1.82, 2.24) is 0 Å². The molecule has 0 fully saturated rings. The molecule has 1 rings (SSSR count). The average molecular weight is 178 g/mol. The van der Waals surface area contributed by atoms with Crippen LogP contribution in [0.2, 0.25) is 0 Å². The Morgan fingerprint density at radius 1 is 1.42 bits per heavy atom. The average Bonchev–Trinajstić information content (AvgIpc) is 2.17. The van der Waals surface area contributed by atoms with Crippen molar-refractivity contribution in [2.45, 2.75) is 12.5 Å². The molecule has 0 bridgehead atoms. The van der Waals surface area contributed by atoms with Crippen molar-refractivity contribution in [3.05, 3.63) is 48.2 Å². The van der Waals surface area contributed by atoms with E-state index in [0.29, 0.717) is 0 Å². The summed E-state index contributed by atoms with van der Waals surface area (Å²) in [5.74, 6) is 0. The molecule has 0 radical (unpaired) electrons. The minimum atomic E-state index is -1.74. The second-order valence-electron chi connectivity index (χ2n) is 2.93. The summed E-state index contributed by atoms with van der Waals surface area (Å²) in [6, 6.07) is 10.1. The van der Waals surface area contributed by atoms with Gasteiger partial charge in [-0.3, -0.25) is 0 Å². The van der Waals surface area contributed by atoms with Crippen molar-refractivity contribution in [2.75, 3.05) is 0 Å². The molecule has 1 aromatic carbocycles. The first-order valence-corrected chi connectivity index (χ1v) is 5.96. The van der Waals surface area contributed by atoms with Gasteiger partial charge in [-0.05, 0) is 5.56 Å². The third-order valence-corrected chi connectivity index (χ3v) is 3.97. The molecule has 12 heavy (non-hydrogen) atoms. The van der Waals surface area contributed by atoms with Gasteiger partial charge in [0.15, 0.2) is 0 Å². The molecule has 0 aliphatic rings. The third kappa shape index (κ3) is 2.06. The van der Waals surface area contributed by atoms with Crippen LogP contribution in [0.3, 0.4) is 0 Å². The highest BCUT2D eigenvalue weighted by atomic mass is 28.3. The van der Waals surface area contributed by atoms with Gasteiger partial charge in [-0.15, -0.1) is 6.58 Å². The molecule has 0 aromatic heterocycles. The van der Waals surface area contributed by atoms with E-state index in [-0.39, 0.29) is 5.54 Å². The number of hydrogen-bond donors (Lipinski definition) is 1. The first-order chi connectivity index (χ1) is 5.75. The first-order valence-electron chi connectivity index (χ1n) is 4.11.